The molecule has 2 rings (SSSR count). The Balaban J connectivity index is 2.07. The van der Waals surface area contributed by atoms with E-state index in [4.69, 9.17) is 16.3 Å². The number of non-ortho nitro benzene ring substituents is 1. The summed E-state index contributed by atoms with van der Waals surface area (Å²) in [6.45, 7) is 1.38. The quantitative estimate of drug-likeness (QED) is 0.650. The van der Waals surface area contributed by atoms with Gasteiger partial charge in [-0.25, -0.2) is 8.78 Å². The van der Waals surface area contributed by atoms with E-state index < -0.39 is 28.6 Å². The number of nitrogens with one attached hydrogen (secondary N) is 1. The molecule has 0 aliphatic rings. The third-order valence-electron chi connectivity index (χ3n) is 2.99. The van der Waals surface area contributed by atoms with Crippen LogP contribution in [0.15, 0.2) is 36.4 Å². The molecule has 9 heteroatoms. The fraction of sp³-hybridized carbons (Fsp3) is 0.133. The Kier molecular flexibility index (Phi) is 5.30. The van der Waals surface area contributed by atoms with E-state index >= 15 is 0 Å². The number of nitro groups is 1. The van der Waals surface area contributed by atoms with Gasteiger partial charge in [0.25, 0.3) is 11.6 Å². The zero-order valence-electron chi connectivity index (χ0n) is 12.3. The number of carbonyl (C=O) groups excluding carboxylic acids is 1. The van der Waals surface area contributed by atoms with Crippen LogP contribution in [-0.2, 0) is 4.79 Å². The molecule has 0 aromatic heterocycles. The number of hydrogen-bond donors (Lipinski definition) is 1. The zero-order chi connectivity index (χ0) is 17.9. The predicted octanol–water partition coefficient (Wildman–Crippen LogP) is 3.93. The maximum absolute atomic E-state index is 13.5. The number of halogens is 3. The third kappa shape index (κ3) is 4.17. The number of rotatable bonds is 5. The lowest BCUT2D eigenvalue weighted by Gasteiger charge is -2.15. The first kappa shape index (κ1) is 17.6. The van der Waals surface area contributed by atoms with Crippen molar-refractivity contribution in [3.63, 3.8) is 0 Å². The molecule has 0 saturated heterocycles. The van der Waals surface area contributed by atoms with Crippen LogP contribution in [0, 0.1) is 21.7 Å². The normalized spacial score (nSPS) is 11.7. The van der Waals surface area contributed by atoms with E-state index in [1.165, 1.54) is 19.1 Å². The Morgan fingerprint density at radius 1 is 1.29 bits per heavy atom. The third-order valence-corrected chi connectivity index (χ3v) is 3.28. The van der Waals surface area contributed by atoms with Crippen LogP contribution in [0.1, 0.15) is 6.92 Å². The average molecular weight is 357 g/mol. The first-order valence-electron chi connectivity index (χ1n) is 6.64. The van der Waals surface area contributed by atoms with Gasteiger partial charge in [-0.15, -0.1) is 0 Å². The molecule has 0 unspecified atom stereocenters. The summed E-state index contributed by atoms with van der Waals surface area (Å²) in [5, 5.41) is 12.8. The Labute approximate surface area is 140 Å². The van der Waals surface area contributed by atoms with Crippen LogP contribution < -0.4 is 10.1 Å². The molecule has 2 aromatic rings. The van der Waals surface area contributed by atoms with Crippen molar-refractivity contribution in [2.24, 2.45) is 0 Å². The van der Waals surface area contributed by atoms with Crippen molar-refractivity contribution in [1.29, 1.82) is 0 Å². The maximum atomic E-state index is 13.5. The second-order valence-corrected chi connectivity index (χ2v) is 5.15. The van der Waals surface area contributed by atoms with E-state index in [1.54, 1.807) is 0 Å². The van der Waals surface area contributed by atoms with E-state index in [1.807, 2.05) is 0 Å². The van der Waals surface area contributed by atoms with Gasteiger partial charge >= 0.3 is 0 Å². The molecule has 0 saturated carbocycles. The molecule has 0 aliphatic carbocycles. The van der Waals surface area contributed by atoms with Crippen LogP contribution in [0.4, 0.5) is 20.2 Å². The summed E-state index contributed by atoms with van der Waals surface area (Å²) >= 11 is 5.86. The highest BCUT2D eigenvalue weighted by Gasteiger charge is 2.19. The molecule has 126 valence electrons. The minimum absolute atomic E-state index is 0.0446. The highest BCUT2D eigenvalue weighted by Crippen LogP contribution is 2.29. The van der Waals surface area contributed by atoms with E-state index in [-0.39, 0.29) is 22.1 Å². The minimum Gasteiger partial charge on any atom is -0.479 e. The number of amides is 1. The van der Waals surface area contributed by atoms with Gasteiger partial charge in [0.05, 0.1) is 15.6 Å². The van der Waals surface area contributed by atoms with Crippen molar-refractivity contribution in [1.82, 2.24) is 0 Å². The molecule has 0 spiro atoms. The summed E-state index contributed by atoms with van der Waals surface area (Å²) in [6.07, 6.45) is -1.08. The lowest BCUT2D eigenvalue weighted by atomic mass is 10.2. The number of carbonyl (C=O) groups is 1. The van der Waals surface area contributed by atoms with Crippen LogP contribution in [0.2, 0.25) is 5.02 Å². The number of nitrogens with zero attached hydrogens (tertiary/aromatic N) is 1. The van der Waals surface area contributed by atoms with Crippen molar-refractivity contribution in [2.75, 3.05) is 5.32 Å². The molecule has 24 heavy (non-hydrogen) atoms. The first-order chi connectivity index (χ1) is 11.3. The van der Waals surface area contributed by atoms with Crippen molar-refractivity contribution in [3.8, 4) is 5.75 Å². The topological polar surface area (TPSA) is 81.5 Å². The Bertz CT molecular complexity index is 801. The van der Waals surface area contributed by atoms with Crippen LogP contribution >= 0.6 is 11.6 Å². The average Bonchev–Trinajstić information content (AvgIpc) is 2.51. The van der Waals surface area contributed by atoms with Gasteiger partial charge in [-0.3, -0.25) is 14.9 Å². The van der Waals surface area contributed by atoms with Crippen molar-refractivity contribution >= 4 is 28.9 Å². The number of ether oxygens (including phenoxy) is 1. The molecule has 2 aromatic carbocycles. The summed E-state index contributed by atoms with van der Waals surface area (Å²) in [5.74, 6) is -2.34. The summed E-state index contributed by atoms with van der Waals surface area (Å²) < 4.78 is 31.6. The summed E-state index contributed by atoms with van der Waals surface area (Å²) in [5.41, 5.74) is -0.426. The van der Waals surface area contributed by atoms with E-state index in [2.05, 4.69) is 5.32 Å². The zero-order valence-corrected chi connectivity index (χ0v) is 13.0. The molecule has 1 amide bonds. The van der Waals surface area contributed by atoms with Gasteiger partial charge in [0.15, 0.2) is 6.10 Å². The Morgan fingerprint density at radius 2 is 2.00 bits per heavy atom. The van der Waals surface area contributed by atoms with Gasteiger partial charge in [0, 0.05) is 18.2 Å². The van der Waals surface area contributed by atoms with E-state index in [0.29, 0.717) is 6.07 Å². The van der Waals surface area contributed by atoms with Gasteiger partial charge in [-0.1, -0.05) is 11.6 Å². The molecule has 1 N–H and O–H groups in total. The minimum atomic E-state index is -1.08. The molecule has 6 nitrogen and oxygen atoms in total. The van der Waals surface area contributed by atoms with Gasteiger partial charge < -0.3 is 10.1 Å². The van der Waals surface area contributed by atoms with Gasteiger partial charge in [0.2, 0.25) is 0 Å². The largest absolute Gasteiger partial charge is 0.479 e. The van der Waals surface area contributed by atoms with Crippen LogP contribution in [0.5, 0.6) is 5.75 Å². The number of hydrogen-bond acceptors (Lipinski definition) is 4. The molecule has 0 aliphatic heterocycles. The summed E-state index contributed by atoms with van der Waals surface area (Å²) in [7, 11) is 0. The summed E-state index contributed by atoms with van der Waals surface area (Å²) in [4.78, 5) is 22.0. The van der Waals surface area contributed by atoms with Crippen molar-refractivity contribution < 1.29 is 23.2 Å². The van der Waals surface area contributed by atoms with Crippen LogP contribution in [-0.4, -0.2) is 16.9 Å². The number of anilines is 1. The second-order valence-electron chi connectivity index (χ2n) is 4.75. The van der Waals surface area contributed by atoms with Crippen molar-refractivity contribution in [2.45, 2.75) is 13.0 Å². The Hall–Kier alpha value is -2.74. The Morgan fingerprint density at radius 3 is 2.58 bits per heavy atom. The van der Waals surface area contributed by atoms with Crippen LogP contribution in [0.3, 0.4) is 0 Å². The molecule has 0 radical (unpaired) electrons. The van der Waals surface area contributed by atoms with Gasteiger partial charge in [-0.05, 0) is 25.1 Å². The second kappa shape index (κ2) is 7.22. The standard InChI is InChI=1S/C15H11ClF2N2O4/c1-8(15(21)19-13-4-2-9(17)6-12(13)18)24-14-5-3-10(20(22)23)7-11(14)16/h2-8H,1H3,(H,19,21)/t8-/m1/s1. The van der Waals surface area contributed by atoms with Gasteiger partial charge in [0.1, 0.15) is 17.4 Å². The fourth-order valence-corrected chi connectivity index (χ4v) is 1.99. The molecule has 0 heterocycles. The monoisotopic (exact) mass is 356 g/mol. The van der Waals surface area contributed by atoms with E-state index in [0.717, 1.165) is 18.2 Å². The number of benzene rings is 2. The van der Waals surface area contributed by atoms with Crippen molar-refractivity contribution in [3.05, 3.63) is 63.2 Å². The smallest absolute Gasteiger partial charge is 0.271 e. The molecule has 0 bridgehead atoms. The SMILES string of the molecule is C[C@@H](Oc1ccc([N+](=O)[O-])cc1Cl)C(=O)Nc1ccc(F)cc1F. The highest BCUT2D eigenvalue weighted by atomic mass is 35.5. The molecular weight excluding hydrogens is 346 g/mol. The lowest BCUT2D eigenvalue weighted by molar-refractivity contribution is -0.384. The van der Waals surface area contributed by atoms with Gasteiger partial charge in [-0.2, -0.15) is 0 Å². The highest BCUT2D eigenvalue weighted by molar-refractivity contribution is 6.32. The molecule has 0 fully saturated rings. The summed E-state index contributed by atoms with van der Waals surface area (Å²) in [6, 6.07) is 6.22. The maximum Gasteiger partial charge on any atom is 0.271 e. The lowest BCUT2D eigenvalue weighted by Crippen LogP contribution is -2.30. The van der Waals surface area contributed by atoms with Crippen LogP contribution in [0.25, 0.3) is 0 Å². The first-order valence-corrected chi connectivity index (χ1v) is 7.02. The molecular formula is C15H11ClF2N2O4. The predicted molar refractivity (Wildman–Crippen MR) is 83.2 cm³/mol. The van der Waals surface area contributed by atoms with E-state index in [9.17, 15) is 23.7 Å². The fourth-order valence-electron chi connectivity index (χ4n) is 1.77. The number of nitro benzene ring substituents is 1. The molecule has 1 atom stereocenters.